The van der Waals surface area contributed by atoms with Gasteiger partial charge in [-0.2, -0.15) is 0 Å². The van der Waals surface area contributed by atoms with E-state index in [2.05, 4.69) is 170 Å². The maximum Gasteiger partial charge on any atom is 0.188 e. The van der Waals surface area contributed by atoms with E-state index in [1.807, 2.05) is 36.7 Å². The Kier molecular flexibility index (Phi) is 7.81. The van der Waals surface area contributed by atoms with E-state index in [1.165, 1.54) is 30.5 Å². The van der Waals surface area contributed by atoms with Crippen molar-refractivity contribution in [2.24, 2.45) is 0 Å². The summed E-state index contributed by atoms with van der Waals surface area (Å²) in [6.07, 6.45) is 3.81. The minimum Gasteiger partial charge on any atom is -0.456 e. The summed E-state index contributed by atoms with van der Waals surface area (Å²) in [6, 6.07) is 69.2. The number of benzene rings is 8. The zero-order valence-corrected chi connectivity index (χ0v) is 36.5. The molecule has 14 rings (SSSR count). The standard InChI is InChI=1S/C58H34N2O3SSi/c1-3-13-37(14-4-1)65(38-15-5-2-6-16-38,51-23-11-19-41-45-33-35(25-27-48(45)61-55(41)51)53-57-43(29-31-59-53)39-17-7-9-21-47(39)63-57)52-24-12-20-42-46-34-36(26-28-49(46)62-56(42)52)54-58-44(30-32-60-54)40-18-8-10-22-50(40)64-58/h1-34H. The number of thiophene rings is 1. The van der Waals surface area contributed by atoms with E-state index in [0.717, 1.165) is 98.7 Å². The second-order valence-electron chi connectivity index (χ2n) is 16.7. The van der Waals surface area contributed by atoms with Crippen LogP contribution < -0.4 is 20.7 Å². The molecule has 0 aliphatic rings. The first-order chi connectivity index (χ1) is 32.2. The van der Waals surface area contributed by atoms with Crippen LogP contribution in [0.4, 0.5) is 0 Å². The third-order valence-corrected chi connectivity index (χ3v) is 19.3. The lowest BCUT2D eigenvalue weighted by Crippen LogP contribution is -2.75. The summed E-state index contributed by atoms with van der Waals surface area (Å²) in [7, 11) is -3.25. The molecule has 14 aromatic rings. The Bertz CT molecular complexity index is 3930. The van der Waals surface area contributed by atoms with Crippen molar-refractivity contribution in [3.63, 3.8) is 0 Å². The lowest BCUT2D eigenvalue weighted by molar-refractivity contribution is 0.667. The molecule has 0 spiro atoms. The number of fused-ring (bicyclic) bond motifs is 12. The Labute approximate surface area is 376 Å². The van der Waals surface area contributed by atoms with Crippen molar-refractivity contribution in [1.82, 2.24) is 9.97 Å². The second-order valence-corrected chi connectivity index (χ2v) is 21.5. The molecule has 6 aromatic heterocycles. The molecule has 6 heterocycles. The van der Waals surface area contributed by atoms with Crippen LogP contribution in [-0.2, 0) is 0 Å². The molecule has 5 nitrogen and oxygen atoms in total. The second kappa shape index (κ2) is 13.9. The van der Waals surface area contributed by atoms with E-state index < -0.39 is 8.07 Å². The van der Waals surface area contributed by atoms with E-state index in [-0.39, 0.29) is 0 Å². The molecule has 0 unspecified atom stereocenters. The number of aromatic nitrogens is 2. The highest BCUT2D eigenvalue weighted by Crippen LogP contribution is 2.41. The Morgan fingerprint density at radius 3 is 1.51 bits per heavy atom. The average Bonchev–Trinajstić information content (AvgIpc) is 4.15. The lowest BCUT2D eigenvalue weighted by atomic mass is 10.0. The third kappa shape index (κ3) is 5.25. The Morgan fingerprint density at radius 2 is 0.846 bits per heavy atom. The monoisotopic (exact) mass is 866 g/mol. The van der Waals surface area contributed by atoms with Gasteiger partial charge in [0.15, 0.2) is 13.7 Å². The molecule has 0 atom stereocenters. The predicted molar refractivity (Wildman–Crippen MR) is 271 cm³/mol. The summed E-state index contributed by atoms with van der Waals surface area (Å²) in [5.74, 6) is 0. The van der Waals surface area contributed by atoms with E-state index in [1.54, 1.807) is 11.3 Å². The van der Waals surface area contributed by atoms with Gasteiger partial charge >= 0.3 is 0 Å². The number of pyridine rings is 2. The highest BCUT2D eigenvalue weighted by Gasteiger charge is 2.45. The van der Waals surface area contributed by atoms with Gasteiger partial charge in [0.1, 0.15) is 33.6 Å². The smallest absolute Gasteiger partial charge is 0.188 e. The summed E-state index contributed by atoms with van der Waals surface area (Å²) >= 11 is 1.80. The van der Waals surface area contributed by atoms with Gasteiger partial charge in [-0.1, -0.05) is 133 Å². The minimum atomic E-state index is -3.25. The molecule has 0 N–H and O–H groups in total. The summed E-state index contributed by atoms with van der Waals surface area (Å²) in [5.41, 5.74) is 8.85. The first kappa shape index (κ1) is 36.4. The van der Waals surface area contributed by atoms with Crippen LogP contribution >= 0.6 is 11.3 Å². The zero-order valence-electron chi connectivity index (χ0n) is 34.7. The largest absolute Gasteiger partial charge is 0.456 e. The number of hydrogen-bond acceptors (Lipinski definition) is 6. The molecule has 0 amide bonds. The van der Waals surface area contributed by atoms with Gasteiger partial charge in [0.25, 0.3) is 0 Å². The van der Waals surface area contributed by atoms with Crippen LogP contribution in [0.1, 0.15) is 0 Å². The normalized spacial score (nSPS) is 12.3. The molecule has 0 radical (unpaired) electrons. The molecular weight excluding hydrogens is 833 g/mol. The maximum absolute atomic E-state index is 7.14. The number of hydrogen-bond donors (Lipinski definition) is 0. The molecule has 0 aliphatic heterocycles. The van der Waals surface area contributed by atoms with Crippen LogP contribution in [0.25, 0.3) is 109 Å². The molecule has 0 bridgehead atoms. The molecular formula is C58H34N2O3SSi. The average molecular weight is 867 g/mol. The predicted octanol–water partition coefficient (Wildman–Crippen LogP) is 13.3. The van der Waals surface area contributed by atoms with Gasteiger partial charge in [0, 0.05) is 71.3 Å². The molecule has 8 aromatic carbocycles. The Hall–Kier alpha value is -8.10. The number of rotatable bonds is 6. The van der Waals surface area contributed by atoms with Crippen molar-refractivity contribution in [2.45, 2.75) is 0 Å². The molecule has 304 valence electrons. The minimum absolute atomic E-state index is 0.778. The molecule has 65 heavy (non-hydrogen) atoms. The molecule has 0 saturated heterocycles. The third-order valence-electron chi connectivity index (χ3n) is 13.3. The molecule has 7 heteroatoms. The fourth-order valence-corrected chi connectivity index (χ4v) is 16.7. The van der Waals surface area contributed by atoms with Crippen molar-refractivity contribution >= 4 is 126 Å². The van der Waals surface area contributed by atoms with Crippen molar-refractivity contribution in [3.8, 4) is 22.5 Å². The Morgan fingerprint density at radius 1 is 0.354 bits per heavy atom. The molecule has 0 fully saturated rings. The number of furan rings is 3. The van der Waals surface area contributed by atoms with E-state index >= 15 is 0 Å². The van der Waals surface area contributed by atoms with Crippen LogP contribution in [0, 0.1) is 0 Å². The fourth-order valence-electron chi connectivity index (χ4n) is 10.5. The van der Waals surface area contributed by atoms with Gasteiger partial charge in [-0.3, -0.25) is 9.97 Å². The fraction of sp³-hybridized carbons (Fsp3) is 0. The lowest BCUT2D eigenvalue weighted by Gasteiger charge is -2.34. The quantitative estimate of drug-likeness (QED) is 0.123. The van der Waals surface area contributed by atoms with Crippen molar-refractivity contribution in [2.75, 3.05) is 0 Å². The van der Waals surface area contributed by atoms with E-state index in [0.29, 0.717) is 0 Å². The van der Waals surface area contributed by atoms with Gasteiger partial charge in [0.2, 0.25) is 0 Å². The highest BCUT2D eigenvalue weighted by atomic mass is 32.1. The topological polar surface area (TPSA) is 65.2 Å². The zero-order chi connectivity index (χ0) is 42.6. The summed E-state index contributed by atoms with van der Waals surface area (Å²) in [6.45, 7) is 0. The summed E-state index contributed by atoms with van der Waals surface area (Å²) in [4.78, 5) is 9.86. The van der Waals surface area contributed by atoms with Crippen LogP contribution in [0.3, 0.4) is 0 Å². The van der Waals surface area contributed by atoms with Gasteiger partial charge in [0.05, 0.1) is 10.4 Å². The number of para-hydroxylation sites is 3. The van der Waals surface area contributed by atoms with E-state index in [9.17, 15) is 0 Å². The first-order valence-corrected chi connectivity index (χ1v) is 24.6. The van der Waals surface area contributed by atoms with Gasteiger partial charge < -0.3 is 13.3 Å². The van der Waals surface area contributed by atoms with Crippen LogP contribution in [-0.4, -0.2) is 18.0 Å². The number of nitrogens with zero attached hydrogens (tertiary/aromatic N) is 2. The highest BCUT2D eigenvalue weighted by molar-refractivity contribution is 7.26. The Balaban J connectivity index is 1.02. The van der Waals surface area contributed by atoms with Crippen molar-refractivity contribution in [3.05, 3.63) is 207 Å². The summed E-state index contributed by atoms with van der Waals surface area (Å²) in [5, 5.41) is 13.6. The van der Waals surface area contributed by atoms with Crippen LogP contribution in [0.2, 0.25) is 0 Å². The van der Waals surface area contributed by atoms with Gasteiger partial charge in [-0.05, 0) is 81.4 Å². The molecule has 0 saturated carbocycles. The van der Waals surface area contributed by atoms with Crippen LogP contribution in [0.15, 0.2) is 220 Å². The van der Waals surface area contributed by atoms with E-state index in [4.69, 9.17) is 23.2 Å². The van der Waals surface area contributed by atoms with Crippen LogP contribution in [0.5, 0.6) is 0 Å². The summed E-state index contributed by atoms with van der Waals surface area (Å²) < 4.78 is 23.2. The maximum atomic E-state index is 7.14. The van der Waals surface area contributed by atoms with Crippen molar-refractivity contribution < 1.29 is 13.3 Å². The van der Waals surface area contributed by atoms with Gasteiger partial charge in [-0.25, -0.2) is 0 Å². The molecule has 0 aliphatic carbocycles. The van der Waals surface area contributed by atoms with Crippen molar-refractivity contribution in [1.29, 1.82) is 0 Å². The SMILES string of the molecule is c1ccc([Si](c2ccccc2)(c2cccc3c2oc2ccc(-c4nccc5c4oc4ccccc45)cc23)c2cccc3c2oc2ccc(-c4nccc5c4sc4ccccc45)cc23)cc1. The van der Waals surface area contributed by atoms with Gasteiger partial charge in [-0.15, -0.1) is 11.3 Å². The first-order valence-electron chi connectivity index (χ1n) is 21.8.